The van der Waals surface area contributed by atoms with Crippen LogP contribution in [-0.2, 0) is 0 Å². The van der Waals surface area contributed by atoms with Crippen LogP contribution in [0.25, 0.3) is 0 Å². The van der Waals surface area contributed by atoms with Crippen molar-refractivity contribution in [1.82, 2.24) is 0 Å². The molecule has 1 atom stereocenters. The molecule has 0 saturated carbocycles. The number of piperidine rings is 1. The van der Waals surface area contributed by atoms with E-state index in [2.05, 4.69) is 55.3 Å². The maximum absolute atomic E-state index is 9.69. The highest BCUT2D eigenvalue weighted by Crippen LogP contribution is 2.28. The second-order valence-corrected chi connectivity index (χ2v) is 7.27. The van der Waals surface area contributed by atoms with Gasteiger partial charge in [0.05, 0.1) is 17.4 Å². The van der Waals surface area contributed by atoms with Crippen molar-refractivity contribution in [2.75, 3.05) is 23.3 Å². The first-order valence-electron chi connectivity index (χ1n) is 9.29. The Morgan fingerprint density at radius 1 is 1.12 bits per heavy atom. The van der Waals surface area contributed by atoms with Crippen molar-refractivity contribution in [3.05, 3.63) is 58.7 Å². The minimum absolute atomic E-state index is 0.164. The van der Waals surface area contributed by atoms with Crippen molar-refractivity contribution in [3.63, 3.8) is 0 Å². The standard InChI is InChI=1S/C22H27N3O/c1-15-4-5-18(12-16(15)2)17(3)24-20-6-7-22(19(13-20)14-23)25-10-8-21(26)9-11-25/h4-7,12-13,17,21,24,26H,8-11H2,1-3H3. The average Bonchev–Trinajstić information content (AvgIpc) is 2.64. The Bertz CT molecular complexity index is 817. The van der Waals surface area contributed by atoms with Gasteiger partial charge in [0.25, 0.3) is 0 Å². The molecule has 1 aliphatic rings. The Morgan fingerprint density at radius 3 is 2.50 bits per heavy atom. The smallest absolute Gasteiger partial charge is 0.101 e. The molecule has 136 valence electrons. The van der Waals surface area contributed by atoms with E-state index in [1.807, 2.05) is 18.2 Å². The van der Waals surface area contributed by atoms with Crippen molar-refractivity contribution < 1.29 is 5.11 Å². The summed E-state index contributed by atoms with van der Waals surface area (Å²) in [5, 5.41) is 22.8. The summed E-state index contributed by atoms with van der Waals surface area (Å²) >= 11 is 0. The van der Waals surface area contributed by atoms with Gasteiger partial charge in [0.1, 0.15) is 6.07 Å². The molecule has 0 radical (unpaired) electrons. The number of nitriles is 1. The Labute approximate surface area is 156 Å². The first-order chi connectivity index (χ1) is 12.5. The fourth-order valence-electron chi connectivity index (χ4n) is 3.47. The predicted molar refractivity (Wildman–Crippen MR) is 107 cm³/mol. The van der Waals surface area contributed by atoms with Gasteiger partial charge in [-0.3, -0.25) is 0 Å². The SMILES string of the molecule is Cc1ccc(C(C)Nc2ccc(N3CCC(O)CC3)c(C#N)c2)cc1C. The molecule has 0 spiro atoms. The molecule has 1 heterocycles. The van der Waals surface area contributed by atoms with Gasteiger partial charge in [0.15, 0.2) is 0 Å². The Balaban J connectivity index is 1.76. The highest BCUT2D eigenvalue weighted by Gasteiger charge is 2.19. The maximum Gasteiger partial charge on any atom is 0.101 e. The number of aliphatic hydroxyl groups excluding tert-OH is 1. The number of hydrogen-bond acceptors (Lipinski definition) is 4. The third-order valence-corrected chi connectivity index (χ3v) is 5.34. The molecule has 0 bridgehead atoms. The van der Waals surface area contributed by atoms with Gasteiger partial charge in [-0.2, -0.15) is 5.26 Å². The molecule has 0 aromatic heterocycles. The van der Waals surface area contributed by atoms with Crippen molar-refractivity contribution in [1.29, 1.82) is 5.26 Å². The molecule has 1 saturated heterocycles. The Hall–Kier alpha value is -2.51. The third-order valence-electron chi connectivity index (χ3n) is 5.34. The lowest BCUT2D eigenvalue weighted by atomic mass is 10.0. The van der Waals surface area contributed by atoms with Crippen LogP contribution in [0, 0.1) is 25.2 Å². The Morgan fingerprint density at radius 2 is 1.85 bits per heavy atom. The number of nitrogens with zero attached hydrogens (tertiary/aromatic N) is 2. The number of hydrogen-bond donors (Lipinski definition) is 2. The van der Waals surface area contributed by atoms with Crippen LogP contribution in [0.5, 0.6) is 0 Å². The zero-order valence-electron chi connectivity index (χ0n) is 15.8. The molecule has 2 aromatic rings. The summed E-state index contributed by atoms with van der Waals surface area (Å²) in [6.07, 6.45) is 1.31. The van der Waals surface area contributed by atoms with E-state index < -0.39 is 0 Å². The second-order valence-electron chi connectivity index (χ2n) is 7.27. The molecule has 0 aliphatic carbocycles. The largest absolute Gasteiger partial charge is 0.393 e. The lowest BCUT2D eigenvalue weighted by Crippen LogP contribution is -2.36. The number of aliphatic hydroxyl groups is 1. The highest BCUT2D eigenvalue weighted by atomic mass is 16.3. The molecular weight excluding hydrogens is 322 g/mol. The van der Waals surface area contributed by atoms with Gasteiger partial charge in [-0.05, 0) is 68.5 Å². The van der Waals surface area contributed by atoms with Gasteiger partial charge >= 0.3 is 0 Å². The second kappa shape index (κ2) is 7.80. The van der Waals surface area contributed by atoms with Crippen LogP contribution in [0.3, 0.4) is 0 Å². The normalized spacial score (nSPS) is 16.2. The van der Waals surface area contributed by atoms with Crippen LogP contribution < -0.4 is 10.2 Å². The van der Waals surface area contributed by atoms with E-state index in [0.29, 0.717) is 5.56 Å². The zero-order valence-corrected chi connectivity index (χ0v) is 15.8. The molecule has 3 rings (SSSR count). The van der Waals surface area contributed by atoms with E-state index in [9.17, 15) is 10.4 Å². The number of rotatable bonds is 4. The molecule has 0 amide bonds. The lowest BCUT2D eigenvalue weighted by Gasteiger charge is -2.32. The molecular formula is C22H27N3O. The number of nitrogens with one attached hydrogen (secondary N) is 1. The number of aryl methyl sites for hydroxylation is 2. The van der Waals surface area contributed by atoms with E-state index in [1.165, 1.54) is 16.7 Å². The van der Waals surface area contributed by atoms with E-state index in [4.69, 9.17) is 0 Å². The van der Waals surface area contributed by atoms with Crippen LogP contribution in [0.15, 0.2) is 36.4 Å². The lowest BCUT2D eigenvalue weighted by molar-refractivity contribution is 0.145. The van der Waals surface area contributed by atoms with Crippen LogP contribution in [0.2, 0.25) is 0 Å². The molecule has 2 N–H and O–H groups in total. The van der Waals surface area contributed by atoms with Crippen molar-refractivity contribution in [2.24, 2.45) is 0 Å². The first-order valence-corrected chi connectivity index (χ1v) is 9.29. The van der Waals surface area contributed by atoms with E-state index in [-0.39, 0.29) is 12.1 Å². The van der Waals surface area contributed by atoms with Crippen LogP contribution in [0.4, 0.5) is 11.4 Å². The number of anilines is 2. The minimum atomic E-state index is -0.212. The highest BCUT2D eigenvalue weighted by molar-refractivity contribution is 5.66. The summed E-state index contributed by atoms with van der Waals surface area (Å²) in [6.45, 7) is 7.97. The fourth-order valence-corrected chi connectivity index (χ4v) is 3.47. The quantitative estimate of drug-likeness (QED) is 0.863. The van der Waals surface area contributed by atoms with Gasteiger partial charge in [0, 0.05) is 24.8 Å². The van der Waals surface area contributed by atoms with Crippen molar-refractivity contribution in [3.8, 4) is 6.07 Å². The molecule has 26 heavy (non-hydrogen) atoms. The van der Waals surface area contributed by atoms with Crippen molar-refractivity contribution >= 4 is 11.4 Å². The Kier molecular flexibility index (Phi) is 5.49. The summed E-state index contributed by atoms with van der Waals surface area (Å²) in [5.41, 5.74) is 6.41. The summed E-state index contributed by atoms with van der Waals surface area (Å²) in [5.74, 6) is 0. The summed E-state index contributed by atoms with van der Waals surface area (Å²) in [4.78, 5) is 2.20. The van der Waals surface area contributed by atoms with Gasteiger partial charge in [-0.15, -0.1) is 0 Å². The third kappa shape index (κ3) is 4.00. The van der Waals surface area contributed by atoms with E-state index in [1.54, 1.807) is 0 Å². The van der Waals surface area contributed by atoms with E-state index >= 15 is 0 Å². The molecule has 4 nitrogen and oxygen atoms in total. The topological polar surface area (TPSA) is 59.3 Å². The van der Waals surface area contributed by atoms with Crippen LogP contribution in [-0.4, -0.2) is 24.3 Å². The zero-order chi connectivity index (χ0) is 18.7. The summed E-state index contributed by atoms with van der Waals surface area (Å²) < 4.78 is 0. The molecule has 1 aliphatic heterocycles. The summed E-state index contributed by atoms with van der Waals surface area (Å²) in [7, 11) is 0. The minimum Gasteiger partial charge on any atom is -0.393 e. The average molecular weight is 349 g/mol. The predicted octanol–water partition coefficient (Wildman–Crippen LogP) is 4.31. The molecule has 1 fully saturated rings. The molecule has 1 unspecified atom stereocenters. The van der Waals surface area contributed by atoms with Crippen molar-refractivity contribution in [2.45, 2.75) is 45.8 Å². The summed E-state index contributed by atoms with van der Waals surface area (Å²) in [6, 6.07) is 15.0. The van der Waals surface area contributed by atoms with Gasteiger partial charge in [-0.1, -0.05) is 18.2 Å². The first kappa shape index (κ1) is 18.3. The van der Waals surface area contributed by atoms with E-state index in [0.717, 1.165) is 37.3 Å². The van der Waals surface area contributed by atoms with Crippen LogP contribution >= 0.6 is 0 Å². The maximum atomic E-state index is 9.69. The molecule has 2 aromatic carbocycles. The molecule has 4 heteroatoms. The van der Waals surface area contributed by atoms with Gasteiger partial charge < -0.3 is 15.3 Å². The van der Waals surface area contributed by atoms with Gasteiger partial charge in [-0.25, -0.2) is 0 Å². The number of benzene rings is 2. The van der Waals surface area contributed by atoms with Crippen LogP contribution in [0.1, 0.15) is 48.1 Å². The fraction of sp³-hybridized carbons (Fsp3) is 0.409. The van der Waals surface area contributed by atoms with Gasteiger partial charge in [0.2, 0.25) is 0 Å². The monoisotopic (exact) mass is 349 g/mol.